The monoisotopic (exact) mass is 278 g/mol. The molecule has 1 aromatic heterocycles. The fraction of sp³-hybridized carbons (Fsp3) is 0.571. The summed E-state index contributed by atoms with van der Waals surface area (Å²) in [7, 11) is 1.91. The number of hydrogen-bond acceptors (Lipinski definition) is 4. The van der Waals surface area contributed by atoms with Crippen LogP contribution in [0.2, 0.25) is 0 Å². The number of hydrogen-bond donors (Lipinski definition) is 3. The van der Waals surface area contributed by atoms with E-state index in [-0.39, 0.29) is 12.5 Å². The summed E-state index contributed by atoms with van der Waals surface area (Å²) in [5.41, 5.74) is 6.14. The van der Waals surface area contributed by atoms with Crippen molar-refractivity contribution in [1.29, 1.82) is 0 Å². The molecule has 2 atom stereocenters. The van der Waals surface area contributed by atoms with Gasteiger partial charge in [0.15, 0.2) is 0 Å². The van der Waals surface area contributed by atoms with Gasteiger partial charge in [-0.2, -0.15) is 0 Å². The predicted octanol–water partition coefficient (Wildman–Crippen LogP) is 0.330. The third-order valence-electron chi connectivity index (χ3n) is 3.98. The van der Waals surface area contributed by atoms with Crippen LogP contribution in [0, 0.1) is 5.92 Å². The second kappa shape index (κ2) is 6.67. The number of likely N-dealkylation sites (N-methyl/N-ethyl adjacent to an activating group) is 1. The molecule has 1 aliphatic rings. The lowest BCUT2D eigenvalue weighted by molar-refractivity contribution is -0.121. The van der Waals surface area contributed by atoms with Gasteiger partial charge in [-0.15, -0.1) is 0 Å². The number of rotatable bonds is 5. The van der Waals surface area contributed by atoms with Crippen molar-refractivity contribution in [3.8, 4) is 0 Å². The smallest absolute Gasteiger partial charge is 0.274 e. The number of nitrogens with one attached hydrogen (secondary N) is 2. The Morgan fingerprint density at radius 1 is 1.50 bits per heavy atom. The Bertz CT molecular complexity index is 458. The Morgan fingerprint density at radius 2 is 2.30 bits per heavy atom. The molecule has 1 fully saturated rings. The van der Waals surface area contributed by atoms with Gasteiger partial charge in [0.05, 0.1) is 6.54 Å². The first-order valence-corrected chi connectivity index (χ1v) is 6.99. The Balaban J connectivity index is 1.83. The van der Waals surface area contributed by atoms with Crippen LogP contribution < -0.4 is 11.1 Å². The molecule has 0 aromatic carbocycles. The van der Waals surface area contributed by atoms with Crippen LogP contribution in [0.25, 0.3) is 0 Å². The number of carbonyl (C=O) groups excluding carboxylic acids is 2. The van der Waals surface area contributed by atoms with Crippen LogP contribution in [0.3, 0.4) is 0 Å². The van der Waals surface area contributed by atoms with Crippen molar-refractivity contribution in [1.82, 2.24) is 15.2 Å². The first-order chi connectivity index (χ1) is 9.61. The second-order valence-electron chi connectivity index (χ2n) is 5.37. The van der Waals surface area contributed by atoms with Gasteiger partial charge in [0.25, 0.3) is 5.91 Å². The molecule has 6 nitrogen and oxygen atoms in total. The summed E-state index contributed by atoms with van der Waals surface area (Å²) in [4.78, 5) is 28.4. The van der Waals surface area contributed by atoms with Gasteiger partial charge in [0.1, 0.15) is 5.69 Å². The third-order valence-corrected chi connectivity index (χ3v) is 3.98. The topological polar surface area (TPSA) is 91.2 Å². The predicted molar refractivity (Wildman–Crippen MR) is 76.1 cm³/mol. The Morgan fingerprint density at radius 3 is 2.95 bits per heavy atom. The molecule has 110 valence electrons. The molecule has 0 saturated heterocycles. The number of aromatic nitrogens is 1. The number of amides is 2. The van der Waals surface area contributed by atoms with Crippen LogP contribution in [0.4, 0.5) is 0 Å². The highest BCUT2D eigenvalue weighted by Crippen LogP contribution is 2.28. The van der Waals surface area contributed by atoms with Gasteiger partial charge in [-0.05, 0) is 44.5 Å². The summed E-state index contributed by atoms with van der Waals surface area (Å²) in [5.74, 6) is -0.225. The molecule has 4 N–H and O–H groups in total. The van der Waals surface area contributed by atoms with Crippen molar-refractivity contribution in [2.45, 2.75) is 25.3 Å². The number of aromatic amines is 1. The number of H-pyrrole nitrogens is 1. The van der Waals surface area contributed by atoms with Crippen LogP contribution in [-0.4, -0.2) is 47.9 Å². The minimum atomic E-state index is -0.393. The van der Waals surface area contributed by atoms with E-state index in [9.17, 15) is 9.59 Å². The van der Waals surface area contributed by atoms with Crippen molar-refractivity contribution in [2.75, 3.05) is 20.1 Å². The molecule has 1 saturated carbocycles. The van der Waals surface area contributed by atoms with Crippen LogP contribution in [-0.2, 0) is 4.79 Å². The Labute approximate surface area is 118 Å². The lowest BCUT2D eigenvalue weighted by Crippen LogP contribution is -2.45. The minimum absolute atomic E-state index is 0.216. The molecule has 1 aliphatic carbocycles. The van der Waals surface area contributed by atoms with Crippen LogP contribution in [0.1, 0.15) is 29.8 Å². The molecule has 1 heterocycles. The molecule has 2 amide bonds. The van der Waals surface area contributed by atoms with Gasteiger partial charge >= 0.3 is 0 Å². The highest BCUT2D eigenvalue weighted by molar-refractivity contribution is 6.04. The van der Waals surface area contributed by atoms with Gasteiger partial charge in [-0.1, -0.05) is 6.42 Å². The maximum Gasteiger partial charge on any atom is 0.274 e. The van der Waals surface area contributed by atoms with Gasteiger partial charge < -0.3 is 10.7 Å². The molecule has 2 rings (SSSR count). The first kappa shape index (κ1) is 14.7. The van der Waals surface area contributed by atoms with E-state index in [4.69, 9.17) is 5.73 Å². The molecular weight excluding hydrogens is 256 g/mol. The molecule has 1 aromatic rings. The fourth-order valence-corrected chi connectivity index (χ4v) is 2.92. The van der Waals surface area contributed by atoms with E-state index in [1.807, 2.05) is 11.9 Å². The van der Waals surface area contributed by atoms with E-state index in [2.05, 4.69) is 10.3 Å². The lowest BCUT2D eigenvalue weighted by Gasteiger charge is -2.28. The normalized spacial score (nSPS) is 22.1. The maximum absolute atomic E-state index is 11.9. The van der Waals surface area contributed by atoms with Crippen LogP contribution in [0.5, 0.6) is 0 Å². The zero-order chi connectivity index (χ0) is 14.5. The van der Waals surface area contributed by atoms with Gasteiger partial charge in [0, 0.05) is 12.2 Å². The molecule has 0 radical (unpaired) electrons. The van der Waals surface area contributed by atoms with Gasteiger partial charge in [0.2, 0.25) is 5.91 Å². The summed E-state index contributed by atoms with van der Waals surface area (Å²) in [5, 5.41) is 2.39. The fourth-order valence-electron chi connectivity index (χ4n) is 2.92. The highest BCUT2D eigenvalue weighted by Gasteiger charge is 2.30. The number of nitrogens with two attached hydrogens (primary N) is 1. The highest BCUT2D eigenvalue weighted by atomic mass is 16.2. The standard InChI is InChI=1S/C14H22N4O2/c1-18(12-6-2-4-10(12)8-15)9-13(19)17-14(20)11-5-3-7-16-11/h3,5,7,10,12,16H,2,4,6,8-9,15H2,1H3,(H,17,19,20). The molecule has 2 unspecified atom stereocenters. The summed E-state index contributed by atoms with van der Waals surface area (Å²) in [6, 6.07) is 3.69. The Kier molecular flexibility index (Phi) is 4.92. The summed E-state index contributed by atoms with van der Waals surface area (Å²) in [6.45, 7) is 0.867. The Hall–Kier alpha value is -1.66. The molecule has 20 heavy (non-hydrogen) atoms. The molecule has 0 bridgehead atoms. The minimum Gasteiger partial charge on any atom is -0.357 e. The molecule has 0 aliphatic heterocycles. The van der Waals surface area contributed by atoms with Crippen molar-refractivity contribution in [2.24, 2.45) is 11.7 Å². The third kappa shape index (κ3) is 3.46. The number of imide groups is 1. The van der Waals surface area contributed by atoms with Crippen molar-refractivity contribution in [3.63, 3.8) is 0 Å². The summed E-state index contributed by atoms with van der Waals surface area (Å²) in [6.07, 6.45) is 4.99. The van der Waals surface area contributed by atoms with E-state index < -0.39 is 5.91 Å². The van der Waals surface area contributed by atoms with E-state index in [0.717, 1.165) is 19.3 Å². The largest absolute Gasteiger partial charge is 0.357 e. The van der Waals surface area contributed by atoms with E-state index in [0.29, 0.717) is 24.2 Å². The van der Waals surface area contributed by atoms with Crippen molar-refractivity contribution < 1.29 is 9.59 Å². The number of carbonyl (C=O) groups is 2. The van der Waals surface area contributed by atoms with Crippen molar-refractivity contribution in [3.05, 3.63) is 24.0 Å². The second-order valence-corrected chi connectivity index (χ2v) is 5.37. The quantitative estimate of drug-likeness (QED) is 0.724. The molecule has 6 heteroatoms. The molecule has 0 spiro atoms. The van der Waals surface area contributed by atoms with E-state index in [1.165, 1.54) is 0 Å². The van der Waals surface area contributed by atoms with E-state index in [1.54, 1.807) is 18.3 Å². The van der Waals surface area contributed by atoms with Crippen LogP contribution >= 0.6 is 0 Å². The average molecular weight is 278 g/mol. The molecular formula is C14H22N4O2. The first-order valence-electron chi connectivity index (χ1n) is 6.99. The van der Waals surface area contributed by atoms with Crippen molar-refractivity contribution >= 4 is 11.8 Å². The summed E-state index contributed by atoms with van der Waals surface area (Å²) >= 11 is 0. The average Bonchev–Trinajstić information content (AvgIpc) is 3.09. The maximum atomic E-state index is 11.9. The zero-order valence-corrected chi connectivity index (χ0v) is 11.8. The SMILES string of the molecule is CN(CC(=O)NC(=O)c1ccc[nH]1)C1CCCC1CN. The lowest BCUT2D eigenvalue weighted by atomic mass is 10.0. The summed E-state index contributed by atoms with van der Waals surface area (Å²) < 4.78 is 0. The van der Waals surface area contributed by atoms with Crippen LogP contribution in [0.15, 0.2) is 18.3 Å². The zero-order valence-electron chi connectivity index (χ0n) is 11.8. The number of nitrogens with zero attached hydrogens (tertiary/aromatic N) is 1. The van der Waals surface area contributed by atoms with Gasteiger partial charge in [-0.3, -0.25) is 19.8 Å². The van der Waals surface area contributed by atoms with Gasteiger partial charge in [-0.25, -0.2) is 0 Å². The van der Waals surface area contributed by atoms with E-state index >= 15 is 0 Å².